The molecule has 0 saturated heterocycles. The lowest BCUT2D eigenvalue weighted by atomic mass is 10.3. The SMILES string of the molecule is NC(C(=O)O)c1ncncn1. The van der Waals surface area contributed by atoms with Crippen molar-refractivity contribution in [1.82, 2.24) is 15.0 Å². The second-order valence-corrected chi connectivity index (χ2v) is 1.81. The van der Waals surface area contributed by atoms with Crippen LogP contribution in [0.4, 0.5) is 0 Å². The Kier molecular flexibility index (Phi) is 2.07. The number of aliphatic carboxylic acids is 1. The van der Waals surface area contributed by atoms with Gasteiger partial charge in [-0.15, -0.1) is 0 Å². The van der Waals surface area contributed by atoms with Gasteiger partial charge in [-0.05, 0) is 0 Å². The van der Waals surface area contributed by atoms with Gasteiger partial charge in [0.15, 0.2) is 11.9 Å². The lowest BCUT2D eigenvalue weighted by Gasteiger charge is -2.01. The van der Waals surface area contributed by atoms with Crippen molar-refractivity contribution in [3.8, 4) is 0 Å². The molecule has 0 aliphatic rings. The van der Waals surface area contributed by atoms with Gasteiger partial charge in [0.05, 0.1) is 0 Å². The van der Waals surface area contributed by atoms with E-state index in [1.165, 1.54) is 12.7 Å². The maximum absolute atomic E-state index is 10.3. The number of hydrogen-bond donors (Lipinski definition) is 2. The van der Waals surface area contributed by atoms with Crippen molar-refractivity contribution in [1.29, 1.82) is 0 Å². The Morgan fingerprint density at radius 3 is 2.55 bits per heavy atom. The fourth-order valence-corrected chi connectivity index (χ4v) is 0.519. The van der Waals surface area contributed by atoms with Gasteiger partial charge in [0.25, 0.3) is 0 Å². The highest BCUT2D eigenvalue weighted by Gasteiger charge is 2.16. The second kappa shape index (κ2) is 3.02. The van der Waals surface area contributed by atoms with E-state index in [-0.39, 0.29) is 5.82 Å². The first kappa shape index (κ1) is 7.55. The van der Waals surface area contributed by atoms with Gasteiger partial charge in [0.1, 0.15) is 12.7 Å². The molecule has 0 amide bonds. The van der Waals surface area contributed by atoms with Crippen molar-refractivity contribution >= 4 is 5.97 Å². The number of carbonyl (C=O) groups is 1. The molecule has 0 bridgehead atoms. The van der Waals surface area contributed by atoms with Crippen molar-refractivity contribution in [2.45, 2.75) is 6.04 Å². The molecule has 58 valence electrons. The highest BCUT2D eigenvalue weighted by Crippen LogP contribution is 1.99. The van der Waals surface area contributed by atoms with E-state index in [0.29, 0.717) is 0 Å². The number of carboxylic acids is 1. The molecule has 0 aliphatic carbocycles. The molecule has 1 aromatic heterocycles. The van der Waals surface area contributed by atoms with Gasteiger partial charge in [-0.25, -0.2) is 15.0 Å². The molecule has 1 aromatic rings. The minimum atomic E-state index is -1.17. The first-order valence-electron chi connectivity index (χ1n) is 2.82. The summed E-state index contributed by atoms with van der Waals surface area (Å²) in [6.07, 6.45) is 2.40. The highest BCUT2D eigenvalue weighted by atomic mass is 16.4. The topological polar surface area (TPSA) is 102 Å². The molecule has 0 aromatic carbocycles. The highest BCUT2D eigenvalue weighted by molar-refractivity contribution is 5.73. The zero-order valence-electron chi connectivity index (χ0n) is 5.51. The normalized spacial score (nSPS) is 12.5. The van der Waals surface area contributed by atoms with Crippen LogP contribution >= 0.6 is 0 Å². The van der Waals surface area contributed by atoms with Crippen LogP contribution in [-0.4, -0.2) is 26.0 Å². The van der Waals surface area contributed by atoms with Crippen LogP contribution in [-0.2, 0) is 4.79 Å². The zero-order chi connectivity index (χ0) is 8.27. The molecule has 6 heteroatoms. The van der Waals surface area contributed by atoms with Crippen molar-refractivity contribution < 1.29 is 9.90 Å². The van der Waals surface area contributed by atoms with Crippen LogP contribution in [0.3, 0.4) is 0 Å². The van der Waals surface area contributed by atoms with E-state index in [1.807, 2.05) is 0 Å². The zero-order valence-corrected chi connectivity index (χ0v) is 5.51. The van der Waals surface area contributed by atoms with Crippen molar-refractivity contribution in [3.63, 3.8) is 0 Å². The molecule has 1 unspecified atom stereocenters. The Morgan fingerprint density at radius 1 is 1.55 bits per heavy atom. The van der Waals surface area contributed by atoms with Crippen LogP contribution in [0, 0.1) is 0 Å². The Balaban J connectivity index is 2.85. The molecule has 0 aliphatic heterocycles. The van der Waals surface area contributed by atoms with Crippen LogP contribution in [0.2, 0.25) is 0 Å². The van der Waals surface area contributed by atoms with Gasteiger partial charge in [0, 0.05) is 0 Å². The third kappa shape index (κ3) is 1.68. The van der Waals surface area contributed by atoms with E-state index in [2.05, 4.69) is 15.0 Å². The minimum Gasteiger partial charge on any atom is -0.480 e. The summed E-state index contributed by atoms with van der Waals surface area (Å²) in [5, 5.41) is 8.41. The molecule has 1 atom stereocenters. The molecule has 3 N–H and O–H groups in total. The molecule has 0 radical (unpaired) electrons. The van der Waals surface area contributed by atoms with Crippen molar-refractivity contribution in [2.24, 2.45) is 5.73 Å². The lowest BCUT2D eigenvalue weighted by molar-refractivity contribution is -0.138. The monoisotopic (exact) mass is 154 g/mol. The third-order valence-corrected chi connectivity index (χ3v) is 1.06. The summed E-state index contributed by atoms with van der Waals surface area (Å²) in [6, 6.07) is -1.17. The van der Waals surface area contributed by atoms with Gasteiger partial charge in [-0.1, -0.05) is 0 Å². The summed E-state index contributed by atoms with van der Waals surface area (Å²) in [5.74, 6) is -1.09. The molecule has 0 spiro atoms. The maximum atomic E-state index is 10.3. The van der Waals surface area contributed by atoms with Crippen molar-refractivity contribution in [3.05, 3.63) is 18.5 Å². The standard InChI is InChI=1S/C5H6N4O2/c6-3(5(10)11)4-8-1-7-2-9-4/h1-3H,6H2,(H,10,11). The average molecular weight is 154 g/mol. The summed E-state index contributed by atoms with van der Waals surface area (Å²) < 4.78 is 0. The average Bonchev–Trinajstić information content (AvgIpc) is 2.05. The van der Waals surface area contributed by atoms with E-state index in [0.717, 1.165) is 0 Å². The molecule has 11 heavy (non-hydrogen) atoms. The van der Waals surface area contributed by atoms with E-state index in [9.17, 15) is 4.79 Å². The summed E-state index contributed by atoms with van der Waals surface area (Å²) in [5.41, 5.74) is 5.19. The second-order valence-electron chi connectivity index (χ2n) is 1.81. The van der Waals surface area contributed by atoms with Gasteiger partial charge >= 0.3 is 5.97 Å². The molecule has 0 fully saturated rings. The largest absolute Gasteiger partial charge is 0.480 e. The molecular weight excluding hydrogens is 148 g/mol. The number of nitrogens with two attached hydrogens (primary N) is 1. The Labute approximate surface area is 62.1 Å². The van der Waals surface area contributed by atoms with Crippen LogP contribution < -0.4 is 5.73 Å². The van der Waals surface area contributed by atoms with E-state index < -0.39 is 12.0 Å². The smallest absolute Gasteiger partial charge is 0.328 e. The minimum absolute atomic E-state index is 0.0625. The van der Waals surface area contributed by atoms with E-state index in [4.69, 9.17) is 10.8 Å². The quantitative estimate of drug-likeness (QED) is 0.563. The molecule has 1 rings (SSSR count). The Hall–Kier alpha value is -1.56. The maximum Gasteiger partial charge on any atom is 0.328 e. The summed E-state index contributed by atoms with van der Waals surface area (Å²) >= 11 is 0. The Bertz CT molecular complexity index is 250. The molecule has 1 heterocycles. The molecule has 0 saturated carbocycles. The number of rotatable bonds is 2. The number of aromatic nitrogens is 3. The van der Waals surface area contributed by atoms with E-state index in [1.54, 1.807) is 0 Å². The number of hydrogen-bond acceptors (Lipinski definition) is 5. The lowest BCUT2D eigenvalue weighted by Crippen LogP contribution is -2.23. The summed E-state index contributed by atoms with van der Waals surface area (Å²) in [4.78, 5) is 20.9. The molecular formula is C5H6N4O2. The van der Waals surface area contributed by atoms with E-state index >= 15 is 0 Å². The third-order valence-electron chi connectivity index (χ3n) is 1.06. The first-order chi connectivity index (χ1) is 5.22. The van der Waals surface area contributed by atoms with Crippen molar-refractivity contribution in [2.75, 3.05) is 0 Å². The predicted octanol–water partition coefficient (Wildman–Crippen LogP) is -1.04. The number of carboxylic acid groups (broad SMARTS) is 1. The predicted molar refractivity (Wildman–Crippen MR) is 34.4 cm³/mol. The van der Waals surface area contributed by atoms with Crippen LogP contribution in [0.1, 0.15) is 11.9 Å². The van der Waals surface area contributed by atoms with Gasteiger partial charge in [-0.2, -0.15) is 0 Å². The Morgan fingerprint density at radius 2 is 2.09 bits per heavy atom. The summed E-state index contributed by atoms with van der Waals surface area (Å²) in [6.45, 7) is 0. The molecule has 6 nitrogen and oxygen atoms in total. The van der Waals surface area contributed by atoms with Crippen LogP contribution in [0.25, 0.3) is 0 Å². The number of nitrogens with zero attached hydrogens (tertiary/aromatic N) is 3. The van der Waals surface area contributed by atoms with Crippen LogP contribution in [0.5, 0.6) is 0 Å². The fraction of sp³-hybridized carbons (Fsp3) is 0.200. The fourth-order valence-electron chi connectivity index (χ4n) is 0.519. The van der Waals surface area contributed by atoms with Gasteiger partial charge < -0.3 is 10.8 Å². The van der Waals surface area contributed by atoms with Crippen LogP contribution in [0.15, 0.2) is 12.7 Å². The first-order valence-corrected chi connectivity index (χ1v) is 2.82. The summed E-state index contributed by atoms with van der Waals surface area (Å²) in [7, 11) is 0. The van der Waals surface area contributed by atoms with Gasteiger partial charge in [-0.3, -0.25) is 4.79 Å². The van der Waals surface area contributed by atoms with Gasteiger partial charge in [0.2, 0.25) is 0 Å².